The van der Waals surface area contributed by atoms with Crippen molar-refractivity contribution in [1.29, 1.82) is 0 Å². The molecule has 2 nitrogen and oxygen atoms in total. The molecule has 0 aliphatic heterocycles. The molecule has 1 aromatic carbocycles. The molecule has 3 atom stereocenters. The molecule has 1 saturated carbocycles. The fourth-order valence-electron chi connectivity index (χ4n) is 2.26. The van der Waals surface area contributed by atoms with Crippen molar-refractivity contribution in [2.45, 2.75) is 51.2 Å². The van der Waals surface area contributed by atoms with Crippen LogP contribution in [0.25, 0.3) is 0 Å². The summed E-state index contributed by atoms with van der Waals surface area (Å²) in [6.45, 7) is 6.98. The number of rotatable bonds is 5. The maximum absolute atomic E-state index is 6.19. The lowest BCUT2D eigenvalue weighted by molar-refractivity contribution is -0.0798. The van der Waals surface area contributed by atoms with Crippen molar-refractivity contribution in [3.63, 3.8) is 0 Å². The third-order valence-electron chi connectivity index (χ3n) is 3.39. The van der Waals surface area contributed by atoms with Gasteiger partial charge in [0.05, 0.1) is 5.38 Å². The van der Waals surface area contributed by atoms with Crippen LogP contribution in [0, 0.1) is 13.8 Å². The highest BCUT2D eigenvalue weighted by Gasteiger charge is 2.42. The molecule has 0 amide bonds. The first-order valence-electron chi connectivity index (χ1n) is 6.72. The molecule has 1 aliphatic rings. The average Bonchev–Trinajstić information content (AvgIpc) is 2.35. The van der Waals surface area contributed by atoms with E-state index >= 15 is 0 Å². The molecule has 2 rings (SSSR count). The Labute approximate surface area is 128 Å². The molecule has 106 valence electrons. The van der Waals surface area contributed by atoms with Gasteiger partial charge in [-0.1, -0.05) is 22.9 Å². The number of alkyl halides is 1. The maximum Gasteiger partial charge on any atom is 0.128 e. The van der Waals surface area contributed by atoms with E-state index in [9.17, 15) is 0 Å². The first-order valence-corrected chi connectivity index (χ1v) is 7.95. The lowest BCUT2D eigenvalue weighted by Gasteiger charge is -2.40. The van der Waals surface area contributed by atoms with Crippen molar-refractivity contribution in [2.24, 2.45) is 0 Å². The van der Waals surface area contributed by atoms with E-state index in [-0.39, 0.29) is 17.6 Å². The lowest BCUT2D eigenvalue weighted by Crippen LogP contribution is -2.52. The van der Waals surface area contributed by atoms with Crippen molar-refractivity contribution >= 4 is 27.5 Å². The Morgan fingerprint density at radius 2 is 1.95 bits per heavy atom. The highest BCUT2D eigenvalue weighted by molar-refractivity contribution is 9.10. The summed E-state index contributed by atoms with van der Waals surface area (Å²) < 4.78 is 12.9. The summed E-state index contributed by atoms with van der Waals surface area (Å²) in [5, 5.41) is 0.0780. The predicted octanol–water partition coefficient (Wildman–Crippen LogP) is 4.62. The van der Waals surface area contributed by atoms with E-state index in [1.807, 2.05) is 0 Å². The lowest BCUT2D eigenvalue weighted by atomic mass is 9.91. The summed E-state index contributed by atoms with van der Waals surface area (Å²) >= 11 is 9.75. The second-order valence-electron chi connectivity index (χ2n) is 5.11. The molecule has 3 unspecified atom stereocenters. The van der Waals surface area contributed by atoms with E-state index in [0.717, 1.165) is 29.7 Å². The molecule has 0 heterocycles. The second kappa shape index (κ2) is 6.47. The number of halogens is 2. The number of benzene rings is 1. The van der Waals surface area contributed by atoms with Gasteiger partial charge < -0.3 is 9.47 Å². The van der Waals surface area contributed by atoms with Crippen molar-refractivity contribution in [2.75, 3.05) is 6.61 Å². The normalized spacial score (nSPS) is 26.1. The van der Waals surface area contributed by atoms with Crippen LogP contribution in [0.3, 0.4) is 0 Å². The third kappa shape index (κ3) is 3.45. The Bertz CT molecular complexity index is 427. The van der Waals surface area contributed by atoms with E-state index < -0.39 is 0 Å². The number of hydrogen-bond donors (Lipinski definition) is 0. The summed E-state index contributed by atoms with van der Waals surface area (Å²) in [6.07, 6.45) is 1.95. The van der Waals surface area contributed by atoms with Gasteiger partial charge in [-0.15, -0.1) is 11.6 Å². The monoisotopic (exact) mass is 346 g/mol. The maximum atomic E-state index is 6.19. The molecule has 0 spiro atoms. The Morgan fingerprint density at radius 1 is 1.32 bits per heavy atom. The number of ether oxygens (including phenoxy) is 2. The highest BCUT2D eigenvalue weighted by atomic mass is 79.9. The molecular formula is C15H20BrClO2. The molecule has 1 fully saturated rings. The van der Waals surface area contributed by atoms with Crippen LogP contribution in [0.1, 0.15) is 30.9 Å². The van der Waals surface area contributed by atoms with Crippen LogP contribution in [0.2, 0.25) is 0 Å². The van der Waals surface area contributed by atoms with Crippen LogP contribution in [-0.2, 0) is 4.74 Å². The molecule has 4 heteroatoms. The summed E-state index contributed by atoms with van der Waals surface area (Å²) in [7, 11) is 0. The van der Waals surface area contributed by atoms with Crippen molar-refractivity contribution in [1.82, 2.24) is 0 Å². The molecule has 19 heavy (non-hydrogen) atoms. The van der Waals surface area contributed by atoms with E-state index in [0.29, 0.717) is 0 Å². The Hall–Kier alpha value is -0.250. The quantitative estimate of drug-likeness (QED) is 0.724. The van der Waals surface area contributed by atoms with Crippen LogP contribution < -0.4 is 4.74 Å². The molecule has 1 aliphatic carbocycles. The molecule has 0 aromatic heterocycles. The minimum atomic E-state index is 0.0193. The minimum absolute atomic E-state index is 0.0193. The summed E-state index contributed by atoms with van der Waals surface area (Å²) in [4.78, 5) is 0. The molecule has 0 bridgehead atoms. The molecule has 0 N–H and O–H groups in total. The van der Waals surface area contributed by atoms with Crippen LogP contribution in [0.5, 0.6) is 5.75 Å². The highest BCUT2D eigenvalue weighted by Crippen LogP contribution is 2.34. The van der Waals surface area contributed by atoms with Gasteiger partial charge in [0.15, 0.2) is 0 Å². The molecular weight excluding hydrogens is 328 g/mol. The van der Waals surface area contributed by atoms with Gasteiger partial charge in [-0.05, 0) is 43.5 Å². The van der Waals surface area contributed by atoms with Crippen LogP contribution >= 0.6 is 27.5 Å². The van der Waals surface area contributed by atoms with E-state index in [1.165, 1.54) is 11.1 Å². The van der Waals surface area contributed by atoms with Gasteiger partial charge >= 0.3 is 0 Å². The predicted molar refractivity (Wildman–Crippen MR) is 82.3 cm³/mol. The Morgan fingerprint density at radius 3 is 2.47 bits per heavy atom. The van der Waals surface area contributed by atoms with E-state index in [2.05, 4.69) is 48.8 Å². The number of aryl methyl sites for hydroxylation is 2. The standard InChI is InChI=1S/C15H20BrClO2/c1-4-5-18-15-12(17)8-13(15)19-11-6-9(2)14(16)10(3)7-11/h6-7,12-13,15H,4-5,8H2,1-3H3. The summed E-state index contributed by atoms with van der Waals surface area (Å²) in [6, 6.07) is 4.10. The fraction of sp³-hybridized carbons (Fsp3) is 0.600. The first-order chi connectivity index (χ1) is 9.02. The zero-order valence-corrected chi connectivity index (χ0v) is 13.9. The zero-order valence-electron chi connectivity index (χ0n) is 11.6. The first kappa shape index (κ1) is 15.1. The van der Waals surface area contributed by atoms with Gasteiger partial charge in [0, 0.05) is 17.5 Å². The van der Waals surface area contributed by atoms with Gasteiger partial charge in [0.1, 0.15) is 18.0 Å². The van der Waals surface area contributed by atoms with Crippen molar-refractivity contribution in [3.05, 3.63) is 27.7 Å². The third-order valence-corrected chi connectivity index (χ3v) is 5.07. The smallest absolute Gasteiger partial charge is 0.128 e. The van der Waals surface area contributed by atoms with Gasteiger partial charge in [0.2, 0.25) is 0 Å². The Balaban J connectivity index is 2.01. The van der Waals surface area contributed by atoms with Crippen LogP contribution in [-0.4, -0.2) is 24.2 Å². The van der Waals surface area contributed by atoms with Crippen molar-refractivity contribution < 1.29 is 9.47 Å². The summed E-state index contributed by atoms with van der Waals surface area (Å²) in [5.74, 6) is 0.900. The van der Waals surface area contributed by atoms with Crippen molar-refractivity contribution in [3.8, 4) is 5.75 Å². The van der Waals surface area contributed by atoms with Crippen LogP contribution in [0.4, 0.5) is 0 Å². The molecule has 0 saturated heterocycles. The minimum Gasteiger partial charge on any atom is -0.488 e. The van der Waals surface area contributed by atoms with Gasteiger partial charge in [0.25, 0.3) is 0 Å². The Kier molecular flexibility index (Phi) is 5.15. The topological polar surface area (TPSA) is 18.5 Å². The van der Waals surface area contributed by atoms with Crippen LogP contribution in [0.15, 0.2) is 16.6 Å². The molecule has 1 aromatic rings. The summed E-state index contributed by atoms with van der Waals surface area (Å²) in [5.41, 5.74) is 2.37. The fourth-order valence-corrected chi connectivity index (χ4v) is 2.90. The SMILES string of the molecule is CCCOC1C(Cl)CC1Oc1cc(C)c(Br)c(C)c1. The number of hydrogen-bond acceptors (Lipinski definition) is 2. The van der Waals surface area contributed by atoms with Gasteiger partial charge in [-0.25, -0.2) is 0 Å². The van der Waals surface area contributed by atoms with Gasteiger partial charge in [-0.2, -0.15) is 0 Å². The average molecular weight is 348 g/mol. The van der Waals surface area contributed by atoms with Gasteiger partial charge in [-0.3, -0.25) is 0 Å². The zero-order chi connectivity index (χ0) is 14.0. The molecule has 0 radical (unpaired) electrons. The van der Waals surface area contributed by atoms with E-state index in [4.69, 9.17) is 21.1 Å². The van der Waals surface area contributed by atoms with E-state index in [1.54, 1.807) is 0 Å². The second-order valence-corrected chi connectivity index (χ2v) is 6.47. The largest absolute Gasteiger partial charge is 0.488 e.